The first kappa shape index (κ1) is 12.1. The van der Waals surface area contributed by atoms with Crippen LogP contribution in [-0.2, 0) is 16.0 Å². The third kappa shape index (κ3) is 2.17. The van der Waals surface area contributed by atoms with Crippen molar-refractivity contribution in [1.29, 1.82) is 0 Å². The topological polar surface area (TPSA) is 101 Å². The van der Waals surface area contributed by atoms with Crippen molar-refractivity contribution in [3.05, 3.63) is 29.3 Å². The van der Waals surface area contributed by atoms with E-state index in [4.69, 9.17) is 10.8 Å². The van der Waals surface area contributed by atoms with Crippen molar-refractivity contribution in [1.82, 2.24) is 0 Å². The summed E-state index contributed by atoms with van der Waals surface area (Å²) in [5.41, 5.74) is 6.53. The van der Waals surface area contributed by atoms with E-state index in [0.717, 1.165) is 0 Å². The van der Waals surface area contributed by atoms with E-state index in [1.165, 1.54) is 17.0 Å². The SMILES string of the molecule is NC(=O)CCN1C(=O)Cc2cc(C(=O)O)ccc21. The van der Waals surface area contributed by atoms with Crippen molar-refractivity contribution < 1.29 is 19.5 Å². The molecule has 1 aromatic carbocycles. The number of hydrogen-bond acceptors (Lipinski definition) is 3. The fourth-order valence-corrected chi connectivity index (χ4v) is 1.98. The van der Waals surface area contributed by atoms with Crippen LogP contribution in [0.15, 0.2) is 18.2 Å². The Morgan fingerprint density at radius 1 is 1.39 bits per heavy atom. The van der Waals surface area contributed by atoms with Gasteiger partial charge in [0, 0.05) is 18.7 Å². The maximum Gasteiger partial charge on any atom is 0.335 e. The van der Waals surface area contributed by atoms with Gasteiger partial charge in [0.2, 0.25) is 11.8 Å². The van der Waals surface area contributed by atoms with E-state index in [-0.39, 0.29) is 30.9 Å². The molecule has 2 rings (SSSR count). The second kappa shape index (κ2) is 4.48. The molecular formula is C12H12N2O4. The molecule has 94 valence electrons. The lowest BCUT2D eigenvalue weighted by Crippen LogP contribution is -2.30. The van der Waals surface area contributed by atoms with Crippen molar-refractivity contribution in [2.24, 2.45) is 5.73 Å². The summed E-state index contributed by atoms with van der Waals surface area (Å²) < 4.78 is 0. The Balaban J connectivity index is 2.26. The summed E-state index contributed by atoms with van der Waals surface area (Å²) >= 11 is 0. The number of anilines is 1. The van der Waals surface area contributed by atoms with Crippen molar-refractivity contribution in [3.63, 3.8) is 0 Å². The molecule has 0 aromatic heterocycles. The highest BCUT2D eigenvalue weighted by Gasteiger charge is 2.27. The first-order chi connectivity index (χ1) is 8.49. The van der Waals surface area contributed by atoms with Gasteiger partial charge in [-0.25, -0.2) is 4.79 Å². The number of carbonyl (C=O) groups excluding carboxylic acids is 2. The van der Waals surface area contributed by atoms with E-state index in [2.05, 4.69) is 0 Å². The first-order valence-electron chi connectivity index (χ1n) is 5.44. The minimum atomic E-state index is -1.03. The molecule has 0 saturated carbocycles. The van der Waals surface area contributed by atoms with Gasteiger partial charge < -0.3 is 15.7 Å². The van der Waals surface area contributed by atoms with Crippen LogP contribution in [0.2, 0.25) is 0 Å². The maximum atomic E-state index is 11.8. The number of hydrogen-bond donors (Lipinski definition) is 2. The lowest BCUT2D eigenvalue weighted by molar-refractivity contribution is -0.118. The Hall–Kier alpha value is -2.37. The average Bonchev–Trinajstić information content (AvgIpc) is 2.60. The van der Waals surface area contributed by atoms with Crippen LogP contribution in [0.4, 0.5) is 5.69 Å². The van der Waals surface area contributed by atoms with Gasteiger partial charge in [-0.15, -0.1) is 0 Å². The number of aromatic carboxylic acids is 1. The zero-order valence-electron chi connectivity index (χ0n) is 9.55. The fourth-order valence-electron chi connectivity index (χ4n) is 1.98. The third-order valence-corrected chi connectivity index (χ3v) is 2.84. The molecule has 0 bridgehead atoms. The molecular weight excluding hydrogens is 236 g/mol. The molecule has 1 aliphatic rings. The number of benzene rings is 1. The van der Waals surface area contributed by atoms with Crippen LogP contribution in [0.5, 0.6) is 0 Å². The van der Waals surface area contributed by atoms with E-state index >= 15 is 0 Å². The fraction of sp³-hybridized carbons (Fsp3) is 0.250. The Bertz CT molecular complexity index is 539. The summed E-state index contributed by atoms with van der Waals surface area (Å²) in [7, 11) is 0. The number of nitrogens with two attached hydrogens (primary N) is 1. The molecule has 1 aromatic rings. The van der Waals surface area contributed by atoms with Gasteiger partial charge in [0.1, 0.15) is 0 Å². The number of nitrogens with zero attached hydrogens (tertiary/aromatic N) is 1. The molecule has 0 radical (unpaired) electrons. The van der Waals surface area contributed by atoms with Crippen LogP contribution in [0.1, 0.15) is 22.3 Å². The van der Waals surface area contributed by atoms with E-state index in [1.807, 2.05) is 0 Å². The number of carbonyl (C=O) groups is 3. The molecule has 0 unspecified atom stereocenters. The summed E-state index contributed by atoms with van der Waals surface area (Å²) in [6.07, 6.45) is 0.251. The zero-order valence-corrected chi connectivity index (χ0v) is 9.55. The largest absolute Gasteiger partial charge is 0.478 e. The first-order valence-corrected chi connectivity index (χ1v) is 5.44. The second-order valence-corrected chi connectivity index (χ2v) is 4.09. The molecule has 0 spiro atoms. The standard InChI is InChI=1S/C12H12N2O4/c13-10(15)3-4-14-9-2-1-7(12(17)18)5-8(9)6-11(14)16/h1-2,5H,3-4,6H2,(H2,13,15)(H,17,18). The quantitative estimate of drug-likeness (QED) is 0.791. The normalized spacial score (nSPS) is 13.6. The van der Waals surface area contributed by atoms with Crippen LogP contribution in [0.25, 0.3) is 0 Å². The molecule has 0 saturated heterocycles. The van der Waals surface area contributed by atoms with Gasteiger partial charge >= 0.3 is 5.97 Å². The van der Waals surface area contributed by atoms with E-state index in [1.54, 1.807) is 6.07 Å². The number of fused-ring (bicyclic) bond motifs is 1. The Labute approximate surface area is 103 Å². The van der Waals surface area contributed by atoms with Gasteiger partial charge in [-0.05, 0) is 23.8 Å². The smallest absolute Gasteiger partial charge is 0.335 e. The highest BCUT2D eigenvalue weighted by Crippen LogP contribution is 2.29. The predicted molar refractivity (Wildman–Crippen MR) is 63.3 cm³/mol. The van der Waals surface area contributed by atoms with Crippen molar-refractivity contribution in [3.8, 4) is 0 Å². The van der Waals surface area contributed by atoms with E-state index in [9.17, 15) is 14.4 Å². The van der Waals surface area contributed by atoms with E-state index in [0.29, 0.717) is 11.3 Å². The monoisotopic (exact) mass is 248 g/mol. The molecule has 1 aliphatic heterocycles. The molecule has 0 atom stereocenters. The van der Waals surface area contributed by atoms with Crippen molar-refractivity contribution in [2.75, 3.05) is 11.4 Å². The molecule has 18 heavy (non-hydrogen) atoms. The summed E-state index contributed by atoms with van der Waals surface area (Å²) in [5, 5.41) is 8.86. The van der Waals surface area contributed by atoms with E-state index < -0.39 is 11.9 Å². The zero-order chi connectivity index (χ0) is 13.3. The van der Waals surface area contributed by atoms with Gasteiger partial charge in [-0.2, -0.15) is 0 Å². The Kier molecular flexibility index (Phi) is 3.01. The molecule has 6 heteroatoms. The third-order valence-electron chi connectivity index (χ3n) is 2.84. The summed E-state index contributed by atoms with van der Waals surface area (Å²) in [6, 6.07) is 4.52. The maximum absolute atomic E-state index is 11.8. The van der Waals surface area contributed by atoms with Gasteiger partial charge in [0.25, 0.3) is 0 Å². The van der Waals surface area contributed by atoms with Crippen LogP contribution >= 0.6 is 0 Å². The minimum absolute atomic E-state index is 0.0891. The second-order valence-electron chi connectivity index (χ2n) is 4.09. The summed E-state index contributed by atoms with van der Waals surface area (Å²) in [4.78, 5) is 34.8. The number of rotatable bonds is 4. The number of amides is 2. The minimum Gasteiger partial charge on any atom is -0.478 e. The van der Waals surface area contributed by atoms with Crippen LogP contribution in [0, 0.1) is 0 Å². The van der Waals surface area contributed by atoms with Gasteiger partial charge in [-0.3, -0.25) is 9.59 Å². The number of primary amides is 1. The van der Waals surface area contributed by atoms with Crippen LogP contribution in [0.3, 0.4) is 0 Å². The van der Waals surface area contributed by atoms with Crippen molar-refractivity contribution >= 4 is 23.5 Å². The Morgan fingerprint density at radius 2 is 2.11 bits per heavy atom. The molecule has 1 heterocycles. The molecule has 2 amide bonds. The van der Waals surface area contributed by atoms with Gasteiger partial charge in [0.15, 0.2) is 0 Å². The van der Waals surface area contributed by atoms with Crippen LogP contribution in [-0.4, -0.2) is 29.4 Å². The lowest BCUT2D eigenvalue weighted by Gasteiger charge is -2.16. The highest BCUT2D eigenvalue weighted by atomic mass is 16.4. The number of carboxylic acid groups (broad SMARTS) is 1. The summed E-state index contributed by atoms with van der Waals surface area (Å²) in [6.45, 7) is 0.230. The molecule has 6 nitrogen and oxygen atoms in total. The van der Waals surface area contributed by atoms with Crippen LogP contribution < -0.4 is 10.6 Å². The van der Waals surface area contributed by atoms with Gasteiger partial charge in [-0.1, -0.05) is 0 Å². The molecule has 0 fully saturated rings. The lowest BCUT2D eigenvalue weighted by atomic mass is 10.1. The van der Waals surface area contributed by atoms with Crippen molar-refractivity contribution in [2.45, 2.75) is 12.8 Å². The molecule has 0 aliphatic carbocycles. The average molecular weight is 248 g/mol. The highest BCUT2D eigenvalue weighted by molar-refractivity contribution is 6.03. The van der Waals surface area contributed by atoms with Gasteiger partial charge in [0.05, 0.1) is 12.0 Å². The Morgan fingerprint density at radius 3 is 2.72 bits per heavy atom. The predicted octanol–water partition coefficient (Wildman–Crippen LogP) is 0.149. The molecule has 3 N–H and O–H groups in total. The number of carboxylic acids is 1. The summed E-state index contributed by atoms with van der Waals surface area (Å²) in [5.74, 6) is -1.65.